The number of aliphatic hydroxyl groups excluding tert-OH is 1. The SMILES string of the molecule is O=[N+]([O-])c1cc(C(F)(F)F)ccc1N1CC[NH+](CCO)CC1. The Balaban J connectivity index is 2.23. The van der Waals surface area contributed by atoms with Crippen molar-refractivity contribution >= 4 is 11.4 Å². The first-order valence-electron chi connectivity index (χ1n) is 6.88. The number of nitro groups is 1. The van der Waals surface area contributed by atoms with Gasteiger partial charge in [0.2, 0.25) is 0 Å². The van der Waals surface area contributed by atoms with Crippen LogP contribution in [0.25, 0.3) is 0 Å². The van der Waals surface area contributed by atoms with Gasteiger partial charge in [0.15, 0.2) is 0 Å². The summed E-state index contributed by atoms with van der Waals surface area (Å²) in [6.45, 7) is 3.03. The summed E-state index contributed by atoms with van der Waals surface area (Å²) in [6, 6.07) is 2.62. The Morgan fingerprint density at radius 1 is 1.32 bits per heavy atom. The van der Waals surface area contributed by atoms with Crippen molar-refractivity contribution in [3.8, 4) is 0 Å². The highest BCUT2D eigenvalue weighted by molar-refractivity contribution is 5.64. The fraction of sp³-hybridized carbons (Fsp3) is 0.538. The molecule has 0 bridgehead atoms. The summed E-state index contributed by atoms with van der Waals surface area (Å²) in [5.41, 5.74) is -1.34. The van der Waals surface area contributed by atoms with Crippen molar-refractivity contribution in [1.29, 1.82) is 0 Å². The molecule has 122 valence electrons. The summed E-state index contributed by atoms with van der Waals surface area (Å²) in [5, 5.41) is 20.0. The Labute approximate surface area is 124 Å². The number of anilines is 1. The van der Waals surface area contributed by atoms with Gasteiger partial charge in [0.25, 0.3) is 5.69 Å². The lowest BCUT2D eigenvalue weighted by atomic mass is 10.1. The van der Waals surface area contributed by atoms with Gasteiger partial charge in [0.1, 0.15) is 12.2 Å². The standard InChI is InChI=1S/C13H16F3N3O3/c14-13(15,16)10-1-2-11(12(9-10)19(21)22)18-5-3-17(4-6-18)7-8-20/h1-2,9,20H,3-8H2/p+1. The lowest BCUT2D eigenvalue weighted by molar-refractivity contribution is -0.900. The summed E-state index contributed by atoms with van der Waals surface area (Å²) in [6.07, 6.45) is -4.60. The minimum Gasteiger partial charge on any atom is -0.391 e. The molecule has 1 saturated heterocycles. The molecular weight excluding hydrogens is 303 g/mol. The van der Waals surface area contributed by atoms with E-state index in [1.54, 1.807) is 4.90 Å². The lowest BCUT2D eigenvalue weighted by Gasteiger charge is -2.33. The van der Waals surface area contributed by atoms with Gasteiger partial charge >= 0.3 is 6.18 Å². The van der Waals surface area contributed by atoms with Crippen LogP contribution in [0.1, 0.15) is 5.56 Å². The average Bonchev–Trinajstić information content (AvgIpc) is 2.47. The molecule has 1 aromatic rings. The van der Waals surface area contributed by atoms with Crippen molar-refractivity contribution in [3.05, 3.63) is 33.9 Å². The third-order valence-electron chi connectivity index (χ3n) is 3.78. The molecule has 1 aromatic carbocycles. The minimum absolute atomic E-state index is 0.0652. The number of hydrogen-bond acceptors (Lipinski definition) is 4. The molecule has 2 N–H and O–H groups in total. The van der Waals surface area contributed by atoms with E-state index in [1.807, 2.05) is 0 Å². The van der Waals surface area contributed by atoms with Crippen LogP contribution in [0.2, 0.25) is 0 Å². The van der Waals surface area contributed by atoms with E-state index in [9.17, 15) is 23.3 Å². The number of benzene rings is 1. The van der Waals surface area contributed by atoms with Gasteiger partial charge in [0.05, 0.1) is 43.3 Å². The quantitative estimate of drug-likeness (QED) is 0.619. The molecule has 1 aliphatic rings. The van der Waals surface area contributed by atoms with E-state index in [1.165, 1.54) is 4.90 Å². The van der Waals surface area contributed by atoms with Crippen LogP contribution in [0.5, 0.6) is 0 Å². The van der Waals surface area contributed by atoms with E-state index >= 15 is 0 Å². The molecule has 0 aliphatic carbocycles. The molecule has 1 fully saturated rings. The Kier molecular flexibility index (Phi) is 4.87. The fourth-order valence-corrected chi connectivity index (χ4v) is 2.59. The van der Waals surface area contributed by atoms with Gasteiger partial charge < -0.3 is 14.9 Å². The molecule has 0 radical (unpaired) electrons. The van der Waals surface area contributed by atoms with Crippen molar-refractivity contribution < 1.29 is 28.1 Å². The van der Waals surface area contributed by atoms with Gasteiger partial charge in [0, 0.05) is 6.07 Å². The third-order valence-corrected chi connectivity index (χ3v) is 3.78. The van der Waals surface area contributed by atoms with Crippen molar-refractivity contribution in [3.63, 3.8) is 0 Å². The molecule has 0 unspecified atom stereocenters. The number of nitrogens with one attached hydrogen (secondary N) is 1. The number of piperazine rings is 1. The van der Waals surface area contributed by atoms with Crippen molar-refractivity contribution in [2.45, 2.75) is 6.18 Å². The van der Waals surface area contributed by atoms with Crippen LogP contribution < -0.4 is 9.80 Å². The Morgan fingerprint density at radius 2 is 1.95 bits per heavy atom. The Hall–Kier alpha value is -1.87. The number of quaternary nitrogens is 1. The number of hydrogen-bond donors (Lipinski definition) is 2. The molecule has 0 amide bonds. The molecule has 6 nitrogen and oxygen atoms in total. The first kappa shape index (κ1) is 16.5. The number of alkyl halides is 3. The number of nitrogens with zero attached hydrogens (tertiary/aromatic N) is 2. The van der Waals surface area contributed by atoms with E-state index in [4.69, 9.17) is 5.11 Å². The monoisotopic (exact) mass is 320 g/mol. The summed E-state index contributed by atoms with van der Waals surface area (Å²) in [5.74, 6) is 0. The second kappa shape index (κ2) is 6.49. The number of nitro benzene ring substituents is 1. The van der Waals surface area contributed by atoms with E-state index in [0.717, 1.165) is 12.1 Å². The molecular formula is C13H17F3N3O3+. The molecule has 0 atom stereocenters. The van der Waals surface area contributed by atoms with Crippen LogP contribution in [-0.4, -0.2) is 49.4 Å². The second-order valence-electron chi connectivity index (χ2n) is 5.17. The normalized spacial score (nSPS) is 16.8. The zero-order valence-corrected chi connectivity index (χ0v) is 11.8. The molecule has 1 heterocycles. The predicted octanol–water partition coefficient (Wildman–Crippen LogP) is 0.311. The highest BCUT2D eigenvalue weighted by atomic mass is 19.4. The smallest absolute Gasteiger partial charge is 0.391 e. The van der Waals surface area contributed by atoms with Gasteiger partial charge in [-0.05, 0) is 12.1 Å². The zero-order valence-electron chi connectivity index (χ0n) is 11.8. The maximum atomic E-state index is 12.7. The molecule has 0 aromatic heterocycles. The first-order valence-corrected chi connectivity index (χ1v) is 6.88. The van der Waals surface area contributed by atoms with Gasteiger partial charge in [-0.25, -0.2) is 0 Å². The average molecular weight is 320 g/mol. The first-order chi connectivity index (χ1) is 10.3. The summed E-state index contributed by atoms with van der Waals surface area (Å²) in [4.78, 5) is 13.2. The number of halogens is 3. The van der Waals surface area contributed by atoms with E-state index in [2.05, 4.69) is 0 Å². The fourth-order valence-electron chi connectivity index (χ4n) is 2.59. The van der Waals surface area contributed by atoms with E-state index in [0.29, 0.717) is 38.8 Å². The van der Waals surface area contributed by atoms with Crippen LogP contribution in [0.15, 0.2) is 18.2 Å². The van der Waals surface area contributed by atoms with Crippen LogP contribution >= 0.6 is 0 Å². The zero-order chi connectivity index (χ0) is 16.3. The highest BCUT2D eigenvalue weighted by Gasteiger charge is 2.34. The van der Waals surface area contributed by atoms with Crippen molar-refractivity contribution in [2.24, 2.45) is 0 Å². The summed E-state index contributed by atoms with van der Waals surface area (Å²) < 4.78 is 38.0. The largest absolute Gasteiger partial charge is 0.416 e. The predicted molar refractivity (Wildman–Crippen MR) is 73.0 cm³/mol. The number of rotatable bonds is 4. The van der Waals surface area contributed by atoms with E-state index < -0.39 is 22.4 Å². The van der Waals surface area contributed by atoms with Crippen LogP contribution in [0.4, 0.5) is 24.5 Å². The molecule has 0 saturated carbocycles. The van der Waals surface area contributed by atoms with Crippen LogP contribution in [0, 0.1) is 10.1 Å². The molecule has 22 heavy (non-hydrogen) atoms. The maximum Gasteiger partial charge on any atom is 0.416 e. The lowest BCUT2D eigenvalue weighted by Crippen LogP contribution is -3.15. The summed E-state index contributed by atoms with van der Waals surface area (Å²) in [7, 11) is 0. The third kappa shape index (κ3) is 3.66. The molecule has 9 heteroatoms. The van der Waals surface area contributed by atoms with Crippen molar-refractivity contribution in [1.82, 2.24) is 0 Å². The Morgan fingerprint density at radius 3 is 2.45 bits per heavy atom. The second-order valence-corrected chi connectivity index (χ2v) is 5.17. The van der Waals surface area contributed by atoms with Crippen molar-refractivity contribution in [2.75, 3.05) is 44.2 Å². The van der Waals surface area contributed by atoms with E-state index in [-0.39, 0.29) is 12.3 Å². The molecule has 1 aliphatic heterocycles. The topological polar surface area (TPSA) is 71.0 Å². The van der Waals surface area contributed by atoms with Gasteiger partial charge in [-0.2, -0.15) is 13.2 Å². The minimum atomic E-state index is -4.60. The molecule has 0 spiro atoms. The van der Waals surface area contributed by atoms with Gasteiger partial charge in [-0.3, -0.25) is 10.1 Å². The van der Waals surface area contributed by atoms with Gasteiger partial charge in [-0.15, -0.1) is 0 Å². The van der Waals surface area contributed by atoms with Crippen LogP contribution in [-0.2, 0) is 6.18 Å². The Bertz CT molecular complexity index is 543. The molecule has 2 rings (SSSR count). The highest BCUT2D eigenvalue weighted by Crippen LogP contribution is 2.36. The number of aliphatic hydroxyl groups is 1. The summed E-state index contributed by atoms with van der Waals surface area (Å²) >= 11 is 0. The van der Waals surface area contributed by atoms with Gasteiger partial charge in [-0.1, -0.05) is 0 Å². The maximum absolute atomic E-state index is 12.7. The van der Waals surface area contributed by atoms with Crippen LogP contribution in [0.3, 0.4) is 0 Å².